The summed E-state index contributed by atoms with van der Waals surface area (Å²) >= 11 is 5.86. The van der Waals surface area contributed by atoms with Crippen molar-refractivity contribution in [3.05, 3.63) is 52.7 Å². The molecule has 1 heterocycles. The summed E-state index contributed by atoms with van der Waals surface area (Å²) in [6, 6.07) is 7.59. The van der Waals surface area contributed by atoms with Crippen molar-refractivity contribution < 1.29 is 13.9 Å². The summed E-state index contributed by atoms with van der Waals surface area (Å²) in [6.45, 7) is 0.294. The van der Waals surface area contributed by atoms with Gasteiger partial charge >= 0.3 is 0 Å². The van der Waals surface area contributed by atoms with Gasteiger partial charge in [0.2, 0.25) is 0 Å². The topological polar surface area (TPSA) is 45.4 Å². The minimum Gasteiger partial charge on any atom is -0.462 e. The van der Waals surface area contributed by atoms with Gasteiger partial charge in [-0.05, 0) is 30.3 Å². The van der Waals surface area contributed by atoms with Crippen molar-refractivity contribution in [3.8, 4) is 0 Å². The van der Waals surface area contributed by atoms with Crippen LogP contribution in [0.2, 0.25) is 5.02 Å². The smallest absolute Gasteiger partial charge is 0.129 e. The van der Waals surface area contributed by atoms with Gasteiger partial charge in [0.1, 0.15) is 23.9 Å². The van der Waals surface area contributed by atoms with Crippen LogP contribution in [0.3, 0.4) is 0 Å². The van der Waals surface area contributed by atoms with Crippen LogP contribution in [0.1, 0.15) is 11.5 Å². The van der Waals surface area contributed by atoms with Gasteiger partial charge in [-0.2, -0.15) is 0 Å². The van der Waals surface area contributed by atoms with Gasteiger partial charge in [-0.25, -0.2) is 4.39 Å². The molecule has 0 bridgehead atoms. The number of furan rings is 1. The number of rotatable bonds is 4. The van der Waals surface area contributed by atoms with Crippen molar-refractivity contribution in [2.75, 3.05) is 5.32 Å². The van der Waals surface area contributed by atoms with E-state index in [1.807, 2.05) is 0 Å². The molecule has 90 valence electrons. The summed E-state index contributed by atoms with van der Waals surface area (Å²) in [7, 11) is 0. The fourth-order valence-electron chi connectivity index (χ4n) is 1.42. The van der Waals surface area contributed by atoms with Crippen molar-refractivity contribution in [1.29, 1.82) is 0 Å². The third kappa shape index (κ3) is 2.99. The van der Waals surface area contributed by atoms with Crippen LogP contribution in [0.4, 0.5) is 10.1 Å². The van der Waals surface area contributed by atoms with Crippen LogP contribution in [0.15, 0.2) is 34.7 Å². The zero-order valence-corrected chi connectivity index (χ0v) is 9.67. The lowest BCUT2D eigenvalue weighted by Crippen LogP contribution is -1.98. The molecule has 3 nitrogen and oxygen atoms in total. The number of nitrogens with one attached hydrogen (secondary N) is 1. The Kier molecular flexibility index (Phi) is 3.66. The highest BCUT2D eigenvalue weighted by atomic mass is 35.5. The van der Waals surface area contributed by atoms with Gasteiger partial charge in [0.25, 0.3) is 0 Å². The molecule has 0 aliphatic heterocycles. The Morgan fingerprint density at radius 3 is 2.65 bits per heavy atom. The van der Waals surface area contributed by atoms with Crippen LogP contribution in [0.5, 0.6) is 0 Å². The summed E-state index contributed by atoms with van der Waals surface area (Å²) in [6.07, 6.45) is 0. The van der Waals surface area contributed by atoms with Gasteiger partial charge < -0.3 is 14.8 Å². The molecule has 0 saturated heterocycles. The lowest BCUT2D eigenvalue weighted by Gasteiger charge is -2.06. The molecule has 2 N–H and O–H groups in total. The summed E-state index contributed by atoms with van der Waals surface area (Å²) in [5.41, 5.74) is 0.634. The van der Waals surface area contributed by atoms with Crippen LogP contribution in [0.25, 0.3) is 0 Å². The van der Waals surface area contributed by atoms with E-state index >= 15 is 0 Å². The molecule has 17 heavy (non-hydrogen) atoms. The van der Waals surface area contributed by atoms with E-state index in [4.69, 9.17) is 21.1 Å². The first-order valence-electron chi connectivity index (χ1n) is 5.06. The van der Waals surface area contributed by atoms with Crippen molar-refractivity contribution in [3.63, 3.8) is 0 Å². The predicted molar refractivity (Wildman–Crippen MR) is 63.4 cm³/mol. The van der Waals surface area contributed by atoms with Crippen LogP contribution < -0.4 is 5.32 Å². The molecular weight excluding hydrogens is 245 g/mol. The third-order valence-corrected chi connectivity index (χ3v) is 2.57. The molecule has 0 atom stereocenters. The molecule has 2 aromatic rings. The Hall–Kier alpha value is -1.52. The van der Waals surface area contributed by atoms with Crippen molar-refractivity contribution >= 4 is 17.3 Å². The van der Waals surface area contributed by atoms with Gasteiger partial charge in [0.05, 0.1) is 17.3 Å². The van der Waals surface area contributed by atoms with E-state index in [2.05, 4.69) is 5.32 Å². The van der Waals surface area contributed by atoms with E-state index in [9.17, 15) is 4.39 Å². The first kappa shape index (κ1) is 12.0. The second-order valence-electron chi connectivity index (χ2n) is 3.50. The first-order valence-corrected chi connectivity index (χ1v) is 5.44. The molecule has 0 saturated carbocycles. The molecule has 0 unspecified atom stereocenters. The van der Waals surface area contributed by atoms with Crippen molar-refractivity contribution in [2.45, 2.75) is 13.2 Å². The molecule has 0 spiro atoms. The number of anilines is 1. The molecule has 0 aliphatic carbocycles. The standard InChI is InChI=1S/C12H11ClFNO2/c13-11-5-8(14)1-4-12(11)15-6-9-2-3-10(7-16)17-9/h1-5,15-16H,6-7H2. The third-order valence-electron chi connectivity index (χ3n) is 2.26. The monoisotopic (exact) mass is 255 g/mol. The molecular formula is C12H11ClFNO2. The molecule has 0 aliphatic rings. The zero-order valence-electron chi connectivity index (χ0n) is 8.91. The highest BCUT2D eigenvalue weighted by Gasteiger charge is 2.04. The summed E-state index contributed by atoms with van der Waals surface area (Å²) < 4.78 is 18.1. The van der Waals surface area contributed by atoms with E-state index in [0.717, 1.165) is 0 Å². The maximum atomic E-state index is 12.8. The minimum atomic E-state index is -0.374. The predicted octanol–water partition coefficient (Wildman–Crippen LogP) is 3.18. The minimum absolute atomic E-state index is 0.128. The summed E-state index contributed by atoms with van der Waals surface area (Å²) in [5.74, 6) is 0.808. The maximum Gasteiger partial charge on any atom is 0.129 e. The number of halogens is 2. The van der Waals surface area contributed by atoms with Crippen LogP contribution in [-0.2, 0) is 13.2 Å². The second kappa shape index (κ2) is 5.21. The Morgan fingerprint density at radius 1 is 1.24 bits per heavy atom. The van der Waals surface area contributed by atoms with Crippen LogP contribution in [-0.4, -0.2) is 5.11 Å². The van der Waals surface area contributed by atoms with Gasteiger partial charge in [-0.3, -0.25) is 0 Å². The number of aliphatic hydroxyl groups is 1. The first-order chi connectivity index (χ1) is 8.19. The second-order valence-corrected chi connectivity index (χ2v) is 3.91. The normalized spacial score (nSPS) is 10.5. The highest BCUT2D eigenvalue weighted by Crippen LogP contribution is 2.23. The van der Waals surface area contributed by atoms with E-state index in [1.54, 1.807) is 18.2 Å². The van der Waals surface area contributed by atoms with Gasteiger partial charge in [0, 0.05) is 0 Å². The summed E-state index contributed by atoms with van der Waals surface area (Å²) in [5, 5.41) is 12.2. The largest absolute Gasteiger partial charge is 0.462 e. The molecule has 5 heteroatoms. The number of hydrogen-bond donors (Lipinski definition) is 2. The molecule has 0 amide bonds. The average Bonchev–Trinajstić information content (AvgIpc) is 2.76. The number of aliphatic hydroxyl groups excluding tert-OH is 1. The van der Waals surface area contributed by atoms with Gasteiger partial charge in [0.15, 0.2) is 0 Å². The lowest BCUT2D eigenvalue weighted by atomic mass is 10.3. The van der Waals surface area contributed by atoms with E-state index < -0.39 is 0 Å². The fraction of sp³-hybridized carbons (Fsp3) is 0.167. The lowest BCUT2D eigenvalue weighted by molar-refractivity contribution is 0.244. The number of hydrogen-bond acceptors (Lipinski definition) is 3. The van der Waals surface area contributed by atoms with E-state index in [0.29, 0.717) is 28.8 Å². The van der Waals surface area contributed by atoms with E-state index in [1.165, 1.54) is 12.1 Å². The molecule has 1 aromatic carbocycles. The Morgan fingerprint density at radius 2 is 2.00 bits per heavy atom. The zero-order chi connectivity index (χ0) is 12.3. The maximum absolute atomic E-state index is 12.8. The molecule has 1 aromatic heterocycles. The van der Waals surface area contributed by atoms with Crippen molar-refractivity contribution in [1.82, 2.24) is 0 Å². The number of benzene rings is 1. The SMILES string of the molecule is OCc1ccc(CNc2ccc(F)cc2Cl)o1. The van der Waals surface area contributed by atoms with Gasteiger partial charge in [-0.15, -0.1) is 0 Å². The van der Waals surface area contributed by atoms with Crippen LogP contribution >= 0.6 is 11.6 Å². The highest BCUT2D eigenvalue weighted by molar-refractivity contribution is 6.33. The summed E-state index contributed by atoms with van der Waals surface area (Å²) in [4.78, 5) is 0. The van der Waals surface area contributed by atoms with Gasteiger partial charge in [-0.1, -0.05) is 11.6 Å². The molecule has 0 fully saturated rings. The quantitative estimate of drug-likeness (QED) is 0.882. The van der Waals surface area contributed by atoms with Crippen molar-refractivity contribution in [2.24, 2.45) is 0 Å². The fourth-order valence-corrected chi connectivity index (χ4v) is 1.65. The Bertz CT molecular complexity index is 513. The van der Waals surface area contributed by atoms with E-state index in [-0.39, 0.29) is 12.4 Å². The Balaban J connectivity index is 2.02. The molecule has 2 rings (SSSR count). The average molecular weight is 256 g/mol. The Labute approximate surface area is 103 Å². The van der Waals surface area contributed by atoms with Crippen LogP contribution in [0, 0.1) is 5.82 Å². The molecule has 0 radical (unpaired) electrons.